The van der Waals surface area contributed by atoms with Crippen LogP contribution in [0.3, 0.4) is 0 Å². The second kappa shape index (κ2) is 10.6. The lowest BCUT2D eigenvalue weighted by atomic mass is 10.1. The summed E-state index contributed by atoms with van der Waals surface area (Å²) in [6.07, 6.45) is 3.09. The van der Waals surface area contributed by atoms with Crippen LogP contribution >= 0.6 is 11.6 Å². The van der Waals surface area contributed by atoms with E-state index in [9.17, 15) is 9.59 Å². The Kier molecular flexibility index (Phi) is 7.63. The summed E-state index contributed by atoms with van der Waals surface area (Å²) in [4.78, 5) is 27.5. The third-order valence-corrected chi connectivity index (χ3v) is 5.31. The van der Waals surface area contributed by atoms with Crippen LogP contribution in [0.5, 0.6) is 0 Å². The van der Waals surface area contributed by atoms with Gasteiger partial charge in [0.2, 0.25) is 0 Å². The van der Waals surface area contributed by atoms with Gasteiger partial charge in [0.25, 0.3) is 5.91 Å². The number of hydrogen-bond acceptors (Lipinski definition) is 2. The molecular weight excluding hydrogens is 408 g/mol. The normalized spacial score (nSPS) is 12.9. The van der Waals surface area contributed by atoms with E-state index in [0.29, 0.717) is 5.02 Å². The van der Waals surface area contributed by atoms with E-state index in [2.05, 4.69) is 5.32 Å². The number of nitrogens with zero attached hydrogens (tertiary/aromatic N) is 1. The highest BCUT2D eigenvalue weighted by molar-refractivity contribution is 6.30. The van der Waals surface area contributed by atoms with Crippen LogP contribution in [0.4, 0.5) is 4.79 Å². The van der Waals surface area contributed by atoms with Crippen molar-refractivity contribution in [2.75, 3.05) is 0 Å². The van der Waals surface area contributed by atoms with Crippen molar-refractivity contribution in [2.24, 2.45) is 0 Å². The van der Waals surface area contributed by atoms with Gasteiger partial charge in [-0.05, 0) is 48.7 Å². The molecule has 0 heterocycles. The predicted octanol–water partition coefficient (Wildman–Crippen LogP) is 6.41. The van der Waals surface area contributed by atoms with Gasteiger partial charge in [-0.15, -0.1) is 0 Å². The topological polar surface area (TPSA) is 49.4 Å². The van der Waals surface area contributed by atoms with Gasteiger partial charge in [0.05, 0.1) is 12.1 Å². The molecule has 3 amide bonds. The molecule has 2 atom stereocenters. The molecular formula is C26H25ClN2O2. The van der Waals surface area contributed by atoms with Gasteiger partial charge in [0.15, 0.2) is 0 Å². The molecule has 0 fully saturated rings. The van der Waals surface area contributed by atoms with Crippen LogP contribution in [0.25, 0.3) is 6.08 Å². The Morgan fingerprint density at radius 1 is 0.839 bits per heavy atom. The van der Waals surface area contributed by atoms with Gasteiger partial charge >= 0.3 is 6.03 Å². The third kappa shape index (κ3) is 6.06. The highest BCUT2D eigenvalue weighted by Crippen LogP contribution is 2.22. The van der Waals surface area contributed by atoms with E-state index < -0.39 is 18.0 Å². The van der Waals surface area contributed by atoms with E-state index in [1.165, 1.54) is 11.0 Å². The average Bonchev–Trinajstić information content (AvgIpc) is 2.80. The summed E-state index contributed by atoms with van der Waals surface area (Å²) in [5.41, 5.74) is 2.66. The Balaban J connectivity index is 1.84. The fourth-order valence-electron chi connectivity index (χ4n) is 3.25. The minimum atomic E-state index is -0.446. The second-order valence-corrected chi connectivity index (χ2v) is 7.70. The van der Waals surface area contributed by atoms with E-state index in [1.807, 2.05) is 86.6 Å². The van der Waals surface area contributed by atoms with E-state index in [4.69, 9.17) is 11.6 Å². The Hall–Kier alpha value is -3.37. The van der Waals surface area contributed by atoms with Crippen molar-refractivity contribution in [1.29, 1.82) is 0 Å². The van der Waals surface area contributed by atoms with Crippen molar-refractivity contribution in [1.82, 2.24) is 10.2 Å². The predicted molar refractivity (Wildman–Crippen MR) is 126 cm³/mol. The molecule has 1 N–H and O–H groups in total. The fraction of sp³-hybridized carbons (Fsp3) is 0.154. The van der Waals surface area contributed by atoms with E-state index in [-0.39, 0.29) is 6.04 Å². The monoisotopic (exact) mass is 432 g/mol. The molecule has 0 spiro atoms. The second-order valence-electron chi connectivity index (χ2n) is 7.26. The Morgan fingerprint density at radius 2 is 1.39 bits per heavy atom. The average molecular weight is 433 g/mol. The fourth-order valence-corrected chi connectivity index (χ4v) is 3.37. The maximum Gasteiger partial charge on any atom is 0.325 e. The van der Waals surface area contributed by atoms with Gasteiger partial charge in [0, 0.05) is 11.1 Å². The van der Waals surface area contributed by atoms with Crippen molar-refractivity contribution in [3.8, 4) is 0 Å². The minimum absolute atomic E-state index is 0.243. The number of hydrogen-bond donors (Lipinski definition) is 1. The van der Waals surface area contributed by atoms with Crippen LogP contribution in [0.1, 0.15) is 42.6 Å². The number of carbonyl (C=O) groups is 2. The third-order valence-electron chi connectivity index (χ3n) is 5.05. The first-order chi connectivity index (χ1) is 15.0. The first-order valence-corrected chi connectivity index (χ1v) is 10.5. The first kappa shape index (κ1) is 22.3. The Morgan fingerprint density at radius 3 is 1.97 bits per heavy atom. The summed E-state index contributed by atoms with van der Waals surface area (Å²) in [5, 5.41) is 3.57. The van der Waals surface area contributed by atoms with Gasteiger partial charge in [0.1, 0.15) is 0 Å². The van der Waals surface area contributed by atoms with E-state index >= 15 is 0 Å². The number of benzene rings is 3. The molecule has 0 aliphatic heterocycles. The molecule has 0 aromatic heterocycles. The molecule has 0 unspecified atom stereocenters. The zero-order valence-corrected chi connectivity index (χ0v) is 18.3. The smallest absolute Gasteiger partial charge is 0.325 e. The van der Waals surface area contributed by atoms with Crippen molar-refractivity contribution in [2.45, 2.75) is 25.9 Å². The molecule has 4 nitrogen and oxygen atoms in total. The SMILES string of the molecule is C[C@H](NC(=O)N(C(=O)/C=C/c1ccc(Cl)cc1)[C@@H](C)c1ccccc1)c1ccccc1. The van der Waals surface area contributed by atoms with E-state index in [0.717, 1.165) is 16.7 Å². The van der Waals surface area contributed by atoms with Crippen molar-refractivity contribution in [3.63, 3.8) is 0 Å². The highest BCUT2D eigenvalue weighted by atomic mass is 35.5. The minimum Gasteiger partial charge on any atom is -0.331 e. The summed E-state index contributed by atoms with van der Waals surface area (Å²) in [6, 6.07) is 25.2. The summed E-state index contributed by atoms with van der Waals surface area (Å²) in [5.74, 6) is -0.399. The van der Waals surface area contributed by atoms with Gasteiger partial charge in [-0.1, -0.05) is 84.4 Å². The lowest BCUT2D eigenvalue weighted by molar-refractivity contribution is -0.124. The van der Waals surface area contributed by atoms with Crippen molar-refractivity contribution in [3.05, 3.63) is 113 Å². The van der Waals surface area contributed by atoms with E-state index in [1.54, 1.807) is 18.2 Å². The zero-order chi connectivity index (χ0) is 22.2. The van der Waals surface area contributed by atoms with Gasteiger partial charge in [-0.25, -0.2) is 4.79 Å². The number of urea groups is 1. The molecule has 5 heteroatoms. The molecule has 0 saturated heterocycles. The summed E-state index contributed by atoms with van der Waals surface area (Å²) < 4.78 is 0. The largest absolute Gasteiger partial charge is 0.331 e. The Bertz CT molecular complexity index is 1030. The lowest BCUT2D eigenvalue weighted by Crippen LogP contribution is -2.45. The maximum absolute atomic E-state index is 13.2. The van der Waals surface area contributed by atoms with Gasteiger partial charge < -0.3 is 5.32 Å². The molecule has 0 saturated carbocycles. The van der Waals surface area contributed by atoms with Crippen LogP contribution in [-0.2, 0) is 4.79 Å². The quantitative estimate of drug-likeness (QED) is 0.457. The number of amides is 3. The summed E-state index contributed by atoms with van der Waals surface area (Å²) in [6.45, 7) is 3.74. The van der Waals surface area contributed by atoms with Gasteiger partial charge in [-0.2, -0.15) is 0 Å². The van der Waals surface area contributed by atoms with Crippen LogP contribution in [0, 0.1) is 0 Å². The molecule has 0 radical (unpaired) electrons. The molecule has 3 rings (SSSR count). The lowest BCUT2D eigenvalue weighted by Gasteiger charge is -2.28. The van der Waals surface area contributed by atoms with Crippen LogP contribution < -0.4 is 5.32 Å². The standard InChI is InChI=1S/C26H25ClN2O2/c1-19(22-9-5-3-6-10-22)28-26(31)29(20(2)23-11-7-4-8-12-23)25(30)18-15-21-13-16-24(27)17-14-21/h3-20H,1-2H3,(H,28,31)/b18-15+/t19-,20-/m0/s1. The molecule has 31 heavy (non-hydrogen) atoms. The molecule has 3 aromatic rings. The molecule has 3 aromatic carbocycles. The number of rotatable bonds is 6. The molecule has 0 aliphatic carbocycles. The number of nitrogens with one attached hydrogen (secondary N) is 1. The highest BCUT2D eigenvalue weighted by Gasteiger charge is 2.27. The van der Waals surface area contributed by atoms with Crippen LogP contribution in [0.2, 0.25) is 5.02 Å². The summed E-state index contributed by atoms with van der Waals surface area (Å²) >= 11 is 5.92. The number of halogens is 1. The first-order valence-electron chi connectivity index (χ1n) is 10.1. The van der Waals surface area contributed by atoms with Crippen LogP contribution in [0.15, 0.2) is 91.0 Å². The number of imide groups is 1. The maximum atomic E-state index is 13.2. The van der Waals surface area contributed by atoms with Crippen molar-refractivity contribution >= 4 is 29.6 Å². The summed E-state index contributed by atoms with van der Waals surface area (Å²) in [7, 11) is 0. The molecule has 158 valence electrons. The molecule has 0 bridgehead atoms. The van der Waals surface area contributed by atoms with Gasteiger partial charge in [-0.3, -0.25) is 9.69 Å². The molecule has 0 aliphatic rings. The Labute approximate surface area is 188 Å². The number of carbonyl (C=O) groups excluding carboxylic acids is 2. The zero-order valence-electron chi connectivity index (χ0n) is 17.5. The van der Waals surface area contributed by atoms with Crippen molar-refractivity contribution < 1.29 is 9.59 Å². The van der Waals surface area contributed by atoms with Crippen LogP contribution in [-0.4, -0.2) is 16.8 Å².